The molecule has 0 unspecified atom stereocenters. The molecule has 1 aliphatic heterocycles. The molecule has 3 fully saturated rings. The van der Waals surface area contributed by atoms with Crippen LogP contribution in [0.3, 0.4) is 0 Å². The minimum Gasteiger partial charge on any atom is -0.393 e. The van der Waals surface area contributed by atoms with Crippen LogP contribution in [0.15, 0.2) is 0 Å². The Hall–Kier alpha value is -0.650. The molecule has 1 atom stereocenters. The van der Waals surface area contributed by atoms with E-state index in [4.69, 9.17) is 4.74 Å². The average molecular weight is 268 g/mol. The van der Waals surface area contributed by atoms with Crippen LogP contribution in [0.25, 0.3) is 0 Å². The largest absolute Gasteiger partial charge is 0.393 e. The Morgan fingerprint density at radius 3 is 2.68 bits per heavy atom. The summed E-state index contributed by atoms with van der Waals surface area (Å²) in [5.74, 6) is 0.0866. The summed E-state index contributed by atoms with van der Waals surface area (Å²) in [4.78, 5) is 14.7. The fraction of sp³-hybridized carbons (Fsp3) is 0.929. The van der Waals surface area contributed by atoms with E-state index in [1.165, 1.54) is 25.7 Å². The first-order valence-electron chi connectivity index (χ1n) is 7.56. The molecule has 2 saturated carbocycles. The zero-order valence-electron chi connectivity index (χ0n) is 11.4. The first kappa shape index (κ1) is 13.3. The normalized spacial score (nSPS) is 37.0. The molecule has 0 spiro atoms. The van der Waals surface area contributed by atoms with E-state index in [-0.39, 0.29) is 24.1 Å². The fourth-order valence-electron chi connectivity index (χ4n) is 3.52. The second-order valence-electron chi connectivity index (χ2n) is 6.10. The van der Waals surface area contributed by atoms with E-state index in [1.54, 1.807) is 0 Å². The summed E-state index contributed by atoms with van der Waals surface area (Å²) < 4.78 is 5.50. The molecular weight excluding hydrogens is 244 g/mol. The lowest BCUT2D eigenvalue weighted by Gasteiger charge is -2.40. The molecule has 0 aromatic rings. The number of ether oxygens (including phenoxy) is 1. The molecule has 108 valence electrons. The molecular formula is C14H24N2O3. The van der Waals surface area contributed by atoms with Gasteiger partial charge in [-0.25, -0.2) is 0 Å². The molecule has 3 rings (SSSR count). The molecule has 19 heavy (non-hydrogen) atoms. The number of morpholine rings is 1. The van der Waals surface area contributed by atoms with E-state index >= 15 is 0 Å². The van der Waals surface area contributed by atoms with Gasteiger partial charge in [0.25, 0.3) is 0 Å². The van der Waals surface area contributed by atoms with Gasteiger partial charge in [0.05, 0.1) is 19.3 Å². The van der Waals surface area contributed by atoms with E-state index in [1.807, 2.05) is 0 Å². The lowest BCUT2D eigenvalue weighted by Crippen LogP contribution is -2.59. The molecule has 1 heterocycles. The van der Waals surface area contributed by atoms with Crippen LogP contribution < -0.4 is 5.32 Å². The van der Waals surface area contributed by atoms with Crippen LogP contribution in [0.5, 0.6) is 0 Å². The Morgan fingerprint density at radius 2 is 2.00 bits per heavy atom. The topological polar surface area (TPSA) is 61.8 Å². The SMILES string of the molecule is O=C(NC1CC(O)C1)[C@H]1COCCN1C1CCCC1. The van der Waals surface area contributed by atoms with Crippen LogP contribution in [0, 0.1) is 0 Å². The van der Waals surface area contributed by atoms with Crippen molar-refractivity contribution in [3.63, 3.8) is 0 Å². The van der Waals surface area contributed by atoms with Gasteiger partial charge in [0, 0.05) is 18.6 Å². The molecule has 5 nitrogen and oxygen atoms in total. The highest BCUT2D eigenvalue weighted by molar-refractivity contribution is 5.82. The van der Waals surface area contributed by atoms with Gasteiger partial charge in [0.15, 0.2) is 0 Å². The van der Waals surface area contributed by atoms with Crippen molar-refractivity contribution >= 4 is 5.91 Å². The van der Waals surface area contributed by atoms with Crippen LogP contribution in [0.4, 0.5) is 0 Å². The van der Waals surface area contributed by atoms with Gasteiger partial charge in [-0.05, 0) is 25.7 Å². The molecule has 2 aliphatic carbocycles. The summed E-state index contributed by atoms with van der Waals surface area (Å²) >= 11 is 0. The first-order valence-corrected chi connectivity index (χ1v) is 7.56. The van der Waals surface area contributed by atoms with E-state index < -0.39 is 0 Å². The third-order valence-corrected chi connectivity index (χ3v) is 4.73. The zero-order valence-corrected chi connectivity index (χ0v) is 11.4. The summed E-state index contributed by atoms with van der Waals surface area (Å²) in [6.07, 6.45) is 6.17. The Labute approximate surface area is 114 Å². The molecule has 1 saturated heterocycles. The predicted molar refractivity (Wildman–Crippen MR) is 70.7 cm³/mol. The van der Waals surface area contributed by atoms with Crippen molar-refractivity contribution in [2.45, 2.75) is 62.8 Å². The maximum atomic E-state index is 12.4. The number of hydrogen-bond acceptors (Lipinski definition) is 4. The van der Waals surface area contributed by atoms with Crippen molar-refractivity contribution < 1.29 is 14.6 Å². The van der Waals surface area contributed by atoms with E-state index in [0.717, 1.165) is 13.2 Å². The number of nitrogens with one attached hydrogen (secondary N) is 1. The second-order valence-corrected chi connectivity index (χ2v) is 6.10. The van der Waals surface area contributed by atoms with Crippen molar-refractivity contribution in [1.82, 2.24) is 10.2 Å². The molecule has 3 aliphatic rings. The average Bonchev–Trinajstić information content (AvgIpc) is 2.90. The van der Waals surface area contributed by atoms with Gasteiger partial charge >= 0.3 is 0 Å². The predicted octanol–water partition coefficient (Wildman–Crippen LogP) is 0.269. The Bertz CT molecular complexity index is 325. The van der Waals surface area contributed by atoms with Gasteiger partial charge in [-0.2, -0.15) is 0 Å². The number of aliphatic hydroxyl groups excluding tert-OH is 1. The first-order chi connectivity index (χ1) is 9.24. The molecule has 0 radical (unpaired) electrons. The summed E-state index contributed by atoms with van der Waals surface area (Å²) in [7, 11) is 0. The Morgan fingerprint density at radius 1 is 1.26 bits per heavy atom. The van der Waals surface area contributed by atoms with Crippen molar-refractivity contribution in [2.75, 3.05) is 19.8 Å². The fourth-order valence-corrected chi connectivity index (χ4v) is 3.52. The highest BCUT2D eigenvalue weighted by Crippen LogP contribution is 2.27. The summed E-state index contributed by atoms with van der Waals surface area (Å²) in [5, 5.41) is 12.3. The number of hydrogen-bond donors (Lipinski definition) is 2. The summed E-state index contributed by atoms with van der Waals surface area (Å²) in [6.45, 7) is 2.12. The molecule has 0 aromatic heterocycles. The van der Waals surface area contributed by atoms with Crippen LogP contribution >= 0.6 is 0 Å². The third-order valence-electron chi connectivity index (χ3n) is 4.73. The highest BCUT2D eigenvalue weighted by atomic mass is 16.5. The van der Waals surface area contributed by atoms with Crippen LogP contribution in [-0.4, -0.2) is 59.9 Å². The number of amides is 1. The van der Waals surface area contributed by atoms with Crippen molar-refractivity contribution in [2.24, 2.45) is 0 Å². The number of rotatable bonds is 3. The standard InChI is InChI=1S/C14H24N2O3/c17-12-7-10(8-12)15-14(18)13-9-19-6-5-16(13)11-3-1-2-4-11/h10-13,17H,1-9H2,(H,15,18)/t10?,12?,13-/m1/s1. The van der Waals surface area contributed by atoms with Gasteiger partial charge in [-0.15, -0.1) is 0 Å². The highest BCUT2D eigenvalue weighted by Gasteiger charge is 2.37. The minimum absolute atomic E-state index is 0.0866. The smallest absolute Gasteiger partial charge is 0.239 e. The lowest BCUT2D eigenvalue weighted by molar-refractivity contribution is -0.136. The molecule has 0 aromatic carbocycles. The van der Waals surface area contributed by atoms with Gasteiger partial charge in [-0.1, -0.05) is 12.8 Å². The third kappa shape index (κ3) is 2.93. The van der Waals surface area contributed by atoms with Crippen LogP contribution in [-0.2, 0) is 9.53 Å². The van der Waals surface area contributed by atoms with Crippen molar-refractivity contribution in [1.29, 1.82) is 0 Å². The number of carbonyl (C=O) groups is 1. The molecule has 2 N–H and O–H groups in total. The number of carbonyl (C=O) groups excluding carboxylic acids is 1. The van der Waals surface area contributed by atoms with Gasteiger partial charge in [-0.3, -0.25) is 9.69 Å². The van der Waals surface area contributed by atoms with Crippen molar-refractivity contribution in [3.8, 4) is 0 Å². The van der Waals surface area contributed by atoms with Crippen molar-refractivity contribution in [3.05, 3.63) is 0 Å². The summed E-state index contributed by atoms with van der Waals surface area (Å²) in [5.41, 5.74) is 0. The zero-order chi connectivity index (χ0) is 13.2. The van der Waals surface area contributed by atoms with Crippen LogP contribution in [0.2, 0.25) is 0 Å². The van der Waals surface area contributed by atoms with E-state index in [9.17, 15) is 9.90 Å². The number of nitrogens with zero attached hydrogens (tertiary/aromatic N) is 1. The quantitative estimate of drug-likeness (QED) is 0.771. The minimum atomic E-state index is -0.223. The lowest BCUT2D eigenvalue weighted by atomic mass is 9.89. The Balaban J connectivity index is 1.57. The maximum Gasteiger partial charge on any atom is 0.239 e. The number of aliphatic hydroxyl groups is 1. The van der Waals surface area contributed by atoms with Gasteiger partial charge in [0.2, 0.25) is 5.91 Å². The molecule has 0 bridgehead atoms. The second kappa shape index (κ2) is 5.77. The van der Waals surface area contributed by atoms with E-state index in [2.05, 4.69) is 10.2 Å². The molecule has 1 amide bonds. The summed E-state index contributed by atoms with van der Waals surface area (Å²) in [6, 6.07) is 0.594. The van der Waals surface area contributed by atoms with Crippen LogP contribution in [0.1, 0.15) is 38.5 Å². The Kier molecular flexibility index (Phi) is 4.05. The van der Waals surface area contributed by atoms with Gasteiger partial charge in [0.1, 0.15) is 6.04 Å². The van der Waals surface area contributed by atoms with Gasteiger partial charge < -0.3 is 15.2 Å². The monoisotopic (exact) mass is 268 g/mol. The maximum absolute atomic E-state index is 12.4. The molecule has 5 heteroatoms. The van der Waals surface area contributed by atoms with E-state index in [0.29, 0.717) is 25.5 Å².